The summed E-state index contributed by atoms with van der Waals surface area (Å²) in [6, 6.07) is 5.08. The molecule has 124 valence electrons. The lowest BCUT2D eigenvalue weighted by molar-refractivity contribution is 0.252. The van der Waals surface area contributed by atoms with Crippen LogP contribution in [0.25, 0.3) is 0 Å². The first-order valence-corrected chi connectivity index (χ1v) is 9.42. The number of likely N-dealkylation sites (N-methyl/N-ethyl adjacent to an activating group) is 1. The van der Waals surface area contributed by atoms with Crippen LogP contribution in [0.5, 0.6) is 0 Å². The summed E-state index contributed by atoms with van der Waals surface area (Å²) in [5.41, 5.74) is 0. The van der Waals surface area contributed by atoms with Crippen molar-refractivity contribution in [2.24, 2.45) is 4.99 Å². The molecule has 4 nitrogen and oxygen atoms in total. The highest BCUT2D eigenvalue weighted by Gasteiger charge is 2.18. The van der Waals surface area contributed by atoms with Crippen LogP contribution in [0, 0.1) is 0 Å². The molecule has 0 radical (unpaired) electrons. The van der Waals surface area contributed by atoms with E-state index in [1.54, 1.807) is 0 Å². The van der Waals surface area contributed by atoms with Crippen LogP contribution in [-0.2, 0) is 6.42 Å². The molecule has 5 heteroatoms. The highest BCUT2D eigenvalue weighted by atomic mass is 32.1. The summed E-state index contributed by atoms with van der Waals surface area (Å²) in [4.78, 5) is 8.60. The third-order valence-electron chi connectivity index (χ3n) is 4.26. The third kappa shape index (κ3) is 5.97. The smallest absolute Gasteiger partial charge is 0.191 e. The molecule has 2 rings (SSSR count). The summed E-state index contributed by atoms with van der Waals surface area (Å²) < 4.78 is 0. The van der Waals surface area contributed by atoms with E-state index in [0.29, 0.717) is 0 Å². The second kappa shape index (κ2) is 9.85. The van der Waals surface area contributed by atoms with E-state index in [-0.39, 0.29) is 0 Å². The van der Waals surface area contributed by atoms with Gasteiger partial charge in [-0.2, -0.15) is 0 Å². The van der Waals surface area contributed by atoms with E-state index in [9.17, 15) is 0 Å². The standard InChI is InChI=1S/C17H30N4S/c1-3-18-17(19-11-10-16-9-6-14-22-16)20-12-13-21(2)15-7-4-5-8-15/h6,9,14-15H,3-5,7-8,10-13H2,1-2H3,(H2,18,19,20). The van der Waals surface area contributed by atoms with E-state index in [2.05, 4.69) is 47.0 Å². The number of thiophene rings is 1. The van der Waals surface area contributed by atoms with Crippen molar-refractivity contribution in [1.29, 1.82) is 0 Å². The first-order valence-electron chi connectivity index (χ1n) is 8.54. The van der Waals surface area contributed by atoms with E-state index in [0.717, 1.165) is 44.6 Å². The van der Waals surface area contributed by atoms with Gasteiger partial charge in [0.1, 0.15) is 0 Å². The fourth-order valence-corrected chi connectivity index (χ4v) is 3.66. The Bertz CT molecular complexity index is 424. The molecule has 1 aliphatic carbocycles. The van der Waals surface area contributed by atoms with Gasteiger partial charge in [-0.3, -0.25) is 4.99 Å². The first-order chi connectivity index (χ1) is 10.8. The Hall–Kier alpha value is -1.07. The molecule has 1 fully saturated rings. The van der Waals surface area contributed by atoms with Crippen LogP contribution in [0.2, 0.25) is 0 Å². The average molecular weight is 323 g/mol. The summed E-state index contributed by atoms with van der Waals surface area (Å²) in [5.74, 6) is 0.943. The molecule has 1 aliphatic rings. The fourth-order valence-electron chi connectivity index (χ4n) is 2.95. The number of nitrogens with one attached hydrogen (secondary N) is 2. The maximum absolute atomic E-state index is 4.70. The number of hydrogen-bond acceptors (Lipinski definition) is 3. The van der Waals surface area contributed by atoms with Crippen LogP contribution in [0.15, 0.2) is 22.5 Å². The van der Waals surface area contributed by atoms with Gasteiger partial charge in [0.2, 0.25) is 0 Å². The highest BCUT2D eigenvalue weighted by Crippen LogP contribution is 2.21. The molecular weight excluding hydrogens is 292 g/mol. The zero-order chi connectivity index (χ0) is 15.6. The van der Waals surface area contributed by atoms with E-state index in [4.69, 9.17) is 4.99 Å². The zero-order valence-corrected chi connectivity index (χ0v) is 14.8. The van der Waals surface area contributed by atoms with Gasteiger partial charge in [-0.1, -0.05) is 18.9 Å². The minimum atomic E-state index is 0.782. The lowest BCUT2D eigenvalue weighted by Crippen LogP contribution is -2.39. The van der Waals surface area contributed by atoms with Gasteiger partial charge < -0.3 is 15.5 Å². The van der Waals surface area contributed by atoms with Crippen molar-refractivity contribution >= 4 is 17.3 Å². The molecule has 0 aliphatic heterocycles. The van der Waals surface area contributed by atoms with Gasteiger partial charge in [0.05, 0.1) is 6.54 Å². The molecule has 0 spiro atoms. The summed E-state index contributed by atoms with van der Waals surface area (Å²) in [5, 5.41) is 8.89. The van der Waals surface area contributed by atoms with Gasteiger partial charge >= 0.3 is 0 Å². The Morgan fingerprint density at radius 3 is 2.86 bits per heavy atom. The molecule has 2 N–H and O–H groups in total. The van der Waals surface area contributed by atoms with Crippen LogP contribution in [0.3, 0.4) is 0 Å². The summed E-state index contributed by atoms with van der Waals surface area (Å²) >= 11 is 1.82. The number of aliphatic imine (C=N–C) groups is 1. The van der Waals surface area contributed by atoms with Gasteiger partial charge in [0.15, 0.2) is 5.96 Å². The fraction of sp³-hybridized carbons (Fsp3) is 0.706. The van der Waals surface area contributed by atoms with Crippen molar-refractivity contribution in [2.75, 3.05) is 33.2 Å². The number of hydrogen-bond donors (Lipinski definition) is 2. The predicted octanol–water partition coefficient (Wildman–Crippen LogP) is 2.72. The van der Waals surface area contributed by atoms with Crippen molar-refractivity contribution in [3.05, 3.63) is 22.4 Å². The van der Waals surface area contributed by atoms with Crippen molar-refractivity contribution < 1.29 is 0 Å². The lowest BCUT2D eigenvalue weighted by Gasteiger charge is -2.23. The maximum Gasteiger partial charge on any atom is 0.191 e. The number of rotatable bonds is 8. The summed E-state index contributed by atoms with van der Waals surface area (Å²) in [7, 11) is 2.24. The molecule has 0 bridgehead atoms. The lowest BCUT2D eigenvalue weighted by atomic mass is 10.2. The second-order valence-corrected chi connectivity index (χ2v) is 6.97. The van der Waals surface area contributed by atoms with Gasteiger partial charge in [0.25, 0.3) is 0 Å². The van der Waals surface area contributed by atoms with E-state index >= 15 is 0 Å². The zero-order valence-electron chi connectivity index (χ0n) is 14.0. The monoisotopic (exact) mass is 322 g/mol. The van der Waals surface area contributed by atoms with Gasteiger partial charge in [0, 0.05) is 30.6 Å². The Kier molecular flexibility index (Phi) is 7.74. The quantitative estimate of drug-likeness (QED) is 0.571. The Labute approximate surface area is 139 Å². The van der Waals surface area contributed by atoms with Crippen molar-refractivity contribution in [3.8, 4) is 0 Å². The van der Waals surface area contributed by atoms with Crippen LogP contribution in [0.4, 0.5) is 0 Å². The normalized spacial score (nSPS) is 16.4. The van der Waals surface area contributed by atoms with Crippen molar-refractivity contribution in [2.45, 2.75) is 45.1 Å². The second-order valence-electron chi connectivity index (χ2n) is 5.94. The molecule has 0 amide bonds. The van der Waals surface area contributed by atoms with Crippen LogP contribution in [0.1, 0.15) is 37.5 Å². The predicted molar refractivity (Wildman–Crippen MR) is 96.9 cm³/mol. The van der Waals surface area contributed by atoms with Gasteiger partial charge in [-0.25, -0.2) is 0 Å². The molecule has 1 heterocycles. The molecular formula is C17H30N4S. The molecule has 0 saturated heterocycles. The minimum Gasteiger partial charge on any atom is -0.357 e. The Morgan fingerprint density at radius 1 is 1.36 bits per heavy atom. The number of guanidine groups is 1. The third-order valence-corrected chi connectivity index (χ3v) is 5.20. The topological polar surface area (TPSA) is 39.7 Å². The first kappa shape index (κ1) is 17.3. The summed E-state index contributed by atoms with van der Waals surface area (Å²) in [6.07, 6.45) is 6.57. The van der Waals surface area contributed by atoms with Crippen molar-refractivity contribution in [3.63, 3.8) is 0 Å². The molecule has 0 atom stereocenters. The minimum absolute atomic E-state index is 0.782. The molecule has 1 aromatic rings. The van der Waals surface area contributed by atoms with E-state index in [1.807, 2.05) is 11.3 Å². The highest BCUT2D eigenvalue weighted by molar-refractivity contribution is 7.09. The van der Waals surface area contributed by atoms with Crippen LogP contribution >= 0.6 is 11.3 Å². The number of nitrogens with zero attached hydrogens (tertiary/aromatic N) is 2. The molecule has 1 saturated carbocycles. The maximum atomic E-state index is 4.70. The SMILES string of the molecule is CCNC(=NCCN(C)C1CCCC1)NCCc1cccs1. The summed E-state index contributed by atoms with van der Waals surface area (Å²) in [6.45, 7) is 5.86. The molecule has 0 unspecified atom stereocenters. The Balaban J connectivity index is 1.69. The van der Waals surface area contributed by atoms with Crippen LogP contribution in [-0.4, -0.2) is 50.1 Å². The van der Waals surface area contributed by atoms with Gasteiger partial charge in [-0.05, 0) is 44.7 Å². The van der Waals surface area contributed by atoms with Crippen LogP contribution < -0.4 is 10.6 Å². The Morgan fingerprint density at radius 2 is 2.18 bits per heavy atom. The van der Waals surface area contributed by atoms with E-state index in [1.165, 1.54) is 30.6 Å². The molecule has 1 aromatic heterocycles. The molecule has 22 heavy (non-hydrogen) atoms. The van der Waals surface area contributed by atoms with Gasteiger partial charge in [-0.15, -0.1) is 11.3 Å². The average Bonchev–Trinajstić information content (AvgIpc) is 3.20. The van der Waals surface area contributed by atoms with Crippen molar-refractivity contribution in [1.82, 2.24) is 15.5 Å². The largest absolute Gasteiger partial charge is 0.357 e. The molecule has 0 aromatic carbocycles. The van der Waals surface area contributed by atoms with E-state index < -0.39 is 0 Å².